The predicted octanol–water partition coefficient (Wildman–Crippen LogP) is 3.38. The summed E-state index contributed by atoms with van der Waals surface area (Å²) in [5.41, 5.74) is 2.00. The topological polar surface area (TPSA) is 56.7 Å². The van der Waals surface area contributed by atoms with Gasteiger partial charge < -0.3 is 14.2 Å². The van der Waals surface area contributed by atoms with Crippen molar-refractivity contribution in [2.45, 2.75) is 43.9 Å². The second-order valence-corrected chi connectivity index (χ2v) is 8.06. The molecule has 1 aromatic carbocycles. The average molecular weight is 381 g/mol. The van der Waals surface area contributed by atoms with E-state index >= 15 is 0 Å². The summed E-state index contributed by atoms with van der Waals surface area (Å²) in [6.45, 7) is 3.65. The molecule has 6 nitrogen and oxygen atoms in total. The summed E-state index contributed by atoms with van der Waals surface area (Å²) in [6, 6.07) is 6.16. The maximum absolute atomic E-state index is 6.79. The number of ether oxygens (including phenoxy) is 3. The molecule has 0 saturated carbocycles. The van der Waals surface area contributed by atoms with E-state index in [4.69, 9.17) is 14.2 Å². The largest absolute Gasteiger partial charge is 0.493 e. The number of rotatable bonds is 3. The number of benzene rings is 1. The molecule has 2 saturated heterocycles. The van der Waals surface area contributed by atoms with Gasteiger partial charge in [-0.2, -0.15) is 0 Å². The number of likely N-dealkylation sites (tertiary alicyclic amines) is 1. The molecule has 3 aliphatic heterocycles. The molecular weight excluding hydrogens is 354 g/mol. The normalized spacial score (nSPS) is 26.2. The Kier molecular flexibility index (Phi) is 4.69. The summed E-state index contributed by atoms with van der Waals surface area (Å²) < 4.78 is 18.7. The molecule has 4 heterocycles. The highest BCUT2D eigenvalue weighted by molar-refractivity contribution is 5.50. The molecule has 6 heteroatoms. The van der Waals surface area contributed by atoms with Crippen LogP contribution in [0.1, 0.15) is 43.0 Å². The second-order valence-electron chi connectivity index (χ2n) is 8.06. The van der Waals surface area contributed by atoms with Gasteiger partial charge in [0.2, 0.25) is 0 Å². The lowest BCUT2D eigenvalue weighted by Crippen LogP contribution is -2.57. The molecule has 0 radical (unpaired) electrons. The van der Waals surface area contributed by atoms with Gasteiger partial charge in [0.25, 0.3) is 0 Å². The third kappa shape index (κ3) is 3.05. The number of hydrogen-bond acceptors (Lipinski definition) is 6. The van der Waals surface area contributed by atoms with E-state index < -0.39 is 0 Å². The van der Waals surface area contributed by atoms with Crippen molar-refractivity contribution in [1.82, 2.24) is 14.9 Å². The molecule has 5 rings (SSSR count). The number of aromatic nitrogens is 2. The molecular formula is C22H27N3O3. The van der Waals surface area contributed by atoms with Crippen LogP contribution in [0.25, 0.3) is 0 Å². The maximum atomic E-state index is 6.79. The smallest absolute Gasteiger partial charge is 0.167 e. The quantitative estimate of drug-likeness (QED) is 0.812. The molecule has 148 valence electrons. The third-order valence-electron chi connectivity index (χ3n) is 6.54. The number of para-hydroxylation sites is 1. The lowest BCUT2D eigenvalue weighted by atomic mass is 9.70. The Morgan fingerprint density at radius 1 is 1.25 bits per heavy atom. The zero-order valence-electron chi connectivity index (χ0n) is 16.3. The highest BCUT2D eigenvalue weighted by Gasteiger charge is 2.53. The van der Waals surface area contributed by atoms with E-state index in [1.807, 2.05) is 18.3 Å². The lowest BCUT2D eigenvalue weighted by Gasteiger charge is -2.53. The van der Waals surface area contributed by atoms with Crippen molar-refractivity contribution in [3.8, 4) is 11.5 Å². The molecule has 1 spiro atoms. The summed E-state index contributed by atoms with van der Waals surface area (Å²) in [4.78, 5) is 11.1. The van der Waals surface area contributed by atoms with Crippen LogP contribution in [0.4, 0.5) is 0 Å². The summed E-state index contributed by atoms with van der Waals surface area (Å²) in [6.07, 6.45) is 9.70. The molecule has 0 unspecified atom stereocenters. The lowest BCUT2D eigenvalue weighted by molar-refractivity contribution is -0.150. The molecule has 2 fully saturated rings. The number of fused-ring (bicyclic) bond motifs is 4. The van der Waals surface area contributed by atoms with Crippen LogP contribution in [0.3, 0.4) is 0 Å². The van der Waals surface area contributed by atoms with E-state index in [-0.39, 0.29) is 11.7 Å². The van der Waals surface area contributed by atoms with Crippen molar-refractivity contribution in [2.24, 2.45) is 5.92 Å². The van der Waals surface area contributed by atoms with Crippen LogP contribution in [0.5, 0.6) is 11.5 Å². The predicted molar refractivity (Wildman–Crippen MR) is 104 cm³/mol. The van der Waals surface area contributed by atoms with Crippen molar-refractivity contribution >= 4 is 0 Å². The van der Waals surface area contributed by atoms with Crippen molar-refractivity contribution < 1.29 is 14.2 Å². The van der Waals surface area contributed by atoms with Gasteiger partial charge in [0.15, 0.2) is 11.5 Å². The van der Waals surface area contributed by atoms with Crippen molar-refractivity contribution in [3.05, 3.63) is 48.0 Å². The van der Waals surface area contributed by atoms with E-state index in [1.54, 1.807) is 19.5 Å². The van der Waals surface area contributed by atoms with Gasteiger partial charge in [0.1, 0.15) is 5.60 Å². The average Bonchev–Trinajstić information content (AvgIpc) is 2.76. The van der Waals surface area contributed by atoms with E-state index in [0.717, 1.165) is 74.7 Å². The summed E-state index contributed by atoms with van der Waals surface area (Å²) in [5.74, 6) is 2.10. The highest BCUT2D eigenvalue weighted by atomic mass is 16.5. The van der Waals surface area contributed by atoms with Crippen LogP contribution in [-0.2, 0) is 11.3 Å². The van der Waals surface area contributed by atoms with Crippen LogP contribution in [0.2, 0.25) is 0 Å². The molecule has 28 heavy (non-hydrogen) atoms. The number of nitrogens with zero attached hydrogens (tertiary/aromatic N) is 3. The molecule has 0 aliphatic carbocycles. The molecule has 3 aliphatic rings. The number of hydrogen-bond donors (Lipinski definition) is 0. The first-order chi connectivity index (χ1) is 13.8. The molecule has 0 amide bonds. The minimum Gasteiger partial charge on any atom is -0.493 e. The Bertz CT molecular complexity index is 821. The van der Waals surface area contributed by atoms with Crippen LogP contribution in [-0.4, -0.2) is 47.3 Å². The Balaban J connectivity index is 1.40. The van der Waals surface area contributed by atoms with Gasteiger partial charge in [-0.15, -0.1) is 0 Å². The summed E-state index contributed by atoms with van der Waals surface area (Å²) in [5, 5.41) is 0. The summed E-state index contributed by atoms with van der Waals surface area (Å²) >= 11 is 0. The van der Waals surface area contributed by atoms with E-state index in [9.17, 15) is 0 Å². The maximum Gasteiger partial charge on any atom is 0.167 e. The van der Waals surface area contributed by atoms with E-state index in [1.165, 1.54) is 0 Å². The molecule has 0 N–H and O–H groups in total. The molecule has 2 aromatic rings. The van der Waals surface area contributed by atoms with Crippen LogP contribution >= 0.6 is 0 Å². The Hall–Kier alpha value is -2.18. The first-order valence-corrected chi connectivity index (χ1v) is 10.2. The monoisotopic (exact) mass is 381 g/mol. The van der Waals surface area contributed by atoms with Gasteiger partial charge in [0.05, 0.1) is 18.9 Å². The fourth-order valence-electron chi connectivity index (χ4n) is 5.14. The van der Waals surface area contributed by atoms with Gasteiger partial charge in [-0.05, 0) is 18.9 Å². The van der Waals surface area contributed by atoms with E-state index in [2.05, 4.69) is 20.9 Å². The first kappa shape index (κ1) is 17.9. The summed E-state index contributed by atoms with van der Waals surface area (Å²) in [7, 11) is 1.71. The molecule has 0 bridgehead atoms. The van der Waals surface area contributed by atoms with Gasteiger partial charge >= 0.3 is 0 Å². The molecule has 2 atom stereocenters. The molecule has 1 aromatic heterocycles. The minimum atomic E-state index is -0.175. The SMILES string of the molecule is COc1cccc2c1OC1(CCN(Cc3cnccn3)CC1)[C@H]1CCCO[C@H]21. The van der Waals surface area contributed by atoms with Crippen LogP contribution < -0.4 is 9.47 Å². The van der Waals surface area contributed by atoms with Crippen LogP contribution in [0.15, 0.2) is 36.8 Å². The standard InChI is InChI=1S/C22H27N3O3/c1-26-19-6-2-4-17-20-18(5-3-13-27-20)22(28-21(17)19)7-11-25(12-8-22)15-16-14-23-9-10-24-16/h2,4,6,9-10,14,18,20H,3,5,7-8,11-13,15H2,1H3/t18-,20+/m0/s1. The number of methoxy groups -OCH3 is 1. The fourth-order valence-corrected chi connectivity index (χ4v) is 5.14. The van der Waals surface area contributed by atoms with Crippen LogP contribution in [0, 0.1) is 5.92 Å². The minimum absolute atomic E-state index is 0.110. The van der Waals surface area contributed by atoms with Gasteiger partial charge in [-0.25, -0.2) is 0 Å². The van der Waals surface area contributed by atoms with Crippen molar-refractivity contribution in [2.75, 3.05) is 26.8 Å². The van der Waals surface area contributed by atoms with Crippen molar-refractivity contribution in [3.63, 3.8) is 0 Å². The highest BCUT2D eigenvalue weighted by Crippen LogP contribution is 2.55. The van der Waals surface area contributed by atoms with Gasteiger partial charge in [0, 0.05) is 69.2 Å². The zero-order chi connectivity index (χ0) is 19.0. The van der Waals surface area contributed by atoms with E-state index in [0.29, 0.717) is 5.92 Å². The Labute approximate surface area is 165 Å². The Morgan fingerprint density at radius 3 is 2.93 bits per heavy atom. The van der Waals surface area contributed by atoms with Gasteiger partial charge in [-0.1, -0.05) is 12.1 Å². The first-order valence-electron chi connectivity index (χ1n) is 10.2. The Morgan fingerprint density at radius 2 is 2.14 bits per heavy atom. The number of piperidine rings is 1. The van der Waals surface area contributed by atoms with Crippen molar-refractivity contribution in [1.29, 1.82) is 0 Å². The third-order valence-corrected chi connectivity index (χ3v) is 6.54. The zero-order valence-corrected chi connectivity index (χ0v) is 16.3. The second kappa shape index (κ2) is 7.33. The van der Waals surface area contributed by atoms with Gasteiger partial charge in [-0.3, -0.25) is 14.9 Å². The fraction of sp³-hybridized carbons (Fsp3) is 0.545.